The van der Waals surface area contributed by atoms with Gasteiger partial charge in [0.25, 0.3) is 13.4 Å². The molecule has 0 aromatic heterocycles. The number of rotatable bonds is 10. The first-order valence-corrected chi connectivity index (χ1v) is 29.3. The molecular formula is C78H50B2N2O4. The summed E-state index contributed by atoms with van der Waals surface area (Å²) in [6.45, 7) is -0.407. The third-order valence-corrected chi connectivity index (χ3v) is 17.3. The van der Waals surface area contributed by atoms with Crippen LogP contribution < -0.4 is 61.5 Å². The Labute approximate surface area is 500 Å². The second-order valence-electron chi connectivity index (χ2n) is 22.3. The van der Waals surface area contributed by atoms with Gasteiger partial charge in [0.2, 0.25) is 0 Å². The van der Waals surface area contributed by atoms with E-state index in [0.29, 0.717) is 0 Å². The topological polar surface area (TPSA) is 43.4 Å². The van der Waals surface area contributed by atoms with Crippen molar-refractivity contribution >= 4 is 80.3 Å². The summed E-state index contributed by atoms with van der Waals surface area (Å²) in [5.41, 5.74) is 21.2. The number of benzene rings is 13. The van der Waals surface area contributed by atoms with Gasteiger partial charge in [0.15, 0.2) is 0 Å². The molecule has 0 saturated carbocycles. The zero-order chi connectivity index (χ0) is 56.7. The minimum Gasteiger partial charge on any atom is -0.458 e. The second-order valence-corrected chi connectivity index (χ2v) is 22.3. The van der Waals surface area contributed by atoms with Gasteiger partial charge in [-0.3, -0.25) is 0 Å². The Morgan fingerprint density at radius 1 is 0.186 bits per heavy atom. The summed E-state index contributed by atoms with van der Waals surface area (Å²) in [7, 11) is 0. The van der Waals surface area contributed by atoms with Gasteiger partial charge in [-0.25, -0.2) is 0 Å². The van der Waals surface area contributed by atoms with Crippen molar-refractivity contribution in [2.45, 2.75) is 0 Å². The van der Waals surface area contributed by atoms with Crippen LogP contribution in [0.2, 0.25) is 0 Å². The van der Waals surface area contributed by atoms with Crippen LogP contribution in [0, 0.1) is 0 Å². The Kier molecular flexibility index (Phi) is 11.7. The van der Waals surface area contributed by atoms with Crippen LogP contribution in [0.5, 0.6) is 46.0 Å². The molecule has 0 unspecified atom stereocenters. The molecule has 8 heteroatoms. The third kappa shape index (κ3) is 8.44. The summed E-state index contributed by atoms with van der Waals surface area (Å²) in [5, 5.41) is 0. The summed E-state index contributed by atoms with van der Waals surface area (Å²) in [6, 6.07) is 107. The molecule has 0 aliphatic carbocycles. The molecule has 4 aliphatic heterocycles. The Bertz CT molecular complexity index is 4270. The Hall–Kier alpha value is -11.2. The van der Waals surface area contributed by atoms with E-state index in [9.17, 15) is 0 Å². The van der Waals surface area contributed by atoms with Crippen LogP contribution in [0.15, 0.2) is 303 Å². The molecule has 13 aromatic rings. The molecular weight excluding hydrogens is 1050 g/mol. The molecule has 0 N–H and O–H groups in total. The molecule has 86 heavy (non-hydrogen) atoms. The van der Waals surface area contributed by atoms with E-state index >= 15 is 0 Å². The average molecular weight is 1100 g/mol. The smallest absolute Gasteiger partial charge is 0.260 e. The maximum absolute atomic E-state index is 7.33. The van der Waals surface area contributed by atoms with Gasteiger partial charge in [0.05, 0.1) is 11.4 Å². The van der Waals surface area contributed by atoms with Crippen molar-refractivity contribution in [3.8, 4) is 90.5 Å². The fourth-order valence-electron chi connectivity index (χ4n) is 13.2. The summed E-state index contributed by atoms with van der Waals surface area (Å²) in [5.74, 6) is 6.02. The van der Waals surface area contributed by atoms with Crippen LogP contribution in [-0.4, -0.2) is 13.4 Å². The number of hydrogen-bond donors (Lipinski definition) is 0. The first-order valence-electron chi connectivity index (χ1n) is 29.3. The van der Waals surface area contributed by atoms with E-state index < -0.39 is 0 Å². The van der Waals surface area contributed by atoms with Crippen LogP contribution in [0.3, 0.4) is 0 Å². The number of ether oxygens (including phenoxy) is 4. The molecule has 402 valence electrons. The highest BCUT2D eigenvalue weighted by Gasteiger charge is 2.46. The van der Waals surface area contributed by atoms with Gasteiger partial charge < -0.3 is 28.7 Å². The van der Waals surface area contributed by atoms with Gasteiger partial charge in [0, 0.05) is 64.0 Å². The zero-order valence-corrected chi connectivity index (χ0v) is 46.5. The van der Waals surface area contributed by atoms with Crippen molar-refractivity contribution in [2.75, 3.05) is 9.80 Å². The Morgan fingerprint density at radius 3 is 0.744 bits per heavy atom. The number of fused-ring (bicyclic) bond motifs is 8. The number of anilines is 6. The van der Waals surface area contributed by atoms with Gasteiger partial charge in [-0.15, -0.1) is 0 Å². The van der Waals surface area contributed by atoms with Gasteiger partial charge in [0.1, 0.15) is 46.0 Å². The third-order valence-electron chi connectivity index (χ3n) is 17.3. The maximum atomic E-state index is 7.33. The van der Waals surface area contributed by atoms with Crippen molar-refractivity contribution in [1.29, 1.82) is 0 Å². The van der Waals surface area contributed by atoms with E-state index in [1.165, 1.54) is 0 Å². The predicted octanol–water partition coefficient (Wildman–Crippen LogP) is 16.7. The van der Waals surface area contributed by atoms with E-state index in [4.69, 9.17) is 18.9 Å². The molecule has 0 fully saturated rings. The van der Waals surface area contributed by atoms with Crippen LogP contribution in [-0.2, 0) is 0 Å². The van der Waals surface area contributed by atoms with Gasteiger partial charge in [-0.05, 0) is 127 Å². The summed E-state index contributed by atoms with van der Waals surface area (Å²) >= 11 is 0. The molecule has 0 saturated heterocycles. The molecule has 6 nitrogen and oxygen atoms in total. The quantitative estimate of drug-likeness (QED) is 0.127. The van der Waals surface area contributed by atoms with Crippen molar-refractivity contribution in [3.63, 3.8) is 0 Å². The van der Waals surface area contributed by atoms with E-state index in [1.807, 2.05) is 0 Å². The van der Waals surface area contributed by atoms with Crippen LogP contribution in [0.25, 0.3) is 44.5 Å². The molecule has 0 spiro atoms. The highest BCUT2D eigenvalue weighted by atomic mass is 16.5. The van der Waals surface area contributed by atoms with Gasteiger partial charge in [-0.1, -0.05) is 212 Å². The molecule has 0 amide bonds. The van der Waals surface area contributed by atoms with E-state index in [1.54, 1.807) is 0 Å². The molecule has 0 atom stereocenters. The predicted molar refractivity (Wildman–Crippen MR) is 353 cm³/mol. The van der Waals surface area contributed by atoms with Crippen molar-refractivity contribution in [3.05, 3.63) is 303 Å². The first-order chi connectivity index (χ1) is 42.6. The minimum absolute atomic E-state index is 0.203. The maximum Gasteiger partial charge on any atom is 0.260 e. The standard InChI is InChI=1S/C78H50B2N2O4/c1-5-17-51(18-6-1)55-29-37-59(38-30-55)81(60-39-31-56(32-40-60)52-19-7-2-8-20-52)63-45-73-77-75(47-63)85-71-50-72-68(49-67(71)79(77)65-25-13-15-27-69(65)83-73)80-66-26-14-16-28-70(66)84-74-46-64(48-76(86-72)78(74)80)82(61-41-33-57(34-42-61)53-21-9-3-10-22-53)62-43-35-58(36-44-62)54-23-11-4-12-24-54/h1-50H. The molecule has 13 aromatic carbocycles. The Morgan fingerprint density at radius 2 is 0.442 bits per heavy atom. The first kappa shape index (κ1) is 49.4. The van der Waals surface area contributed by atoms with Crippen LogP contribution in [0.1, 0.15) is 0 Å². The summed E-state index contributed by atoms with van der Waals surface area (Å²) < 4.78 is 28.7. The number of hydrogen-bond acceptors (Lipinski definition) is 6. The Balaban J connectivity index is 0.801. The van der Waals surface area contributed by atoms with Crippen LogP contribution >= 0.6 is 0 Å². The highest BCUT2D eigenvalue weighted by Crippen LogP contribution is 2.47. The van der Waals surface area contributed by atoms with Crippen molar-refractivity contribution in [1.82, 2.24) is 0 Å². The lowest BCUT2D eigenvalue weighted by Crippen LogP contribution is -2.61. The fraction of sp³-hybridized carbons (Fsp3) is 0. The minimum atomic E-state index is -0.203. The molecule has 4 aliphatic rings. The fourth-order valence-corrected chi connectivity index (χ4v) is 13.2. The van der Waals surface area contributed by atoms with Crippen molar-refractivity contribution in [2.24, 2.45) is 0 Å². The lowest BCUT2D eigenvalue weighted by molar-refractivity contribution is 0.452. The summed E-state index contributed by atoms with van der Waals surface area (Å²) in [6.07, 6.45) is 0. The second kappa shape index (κ2) is 20.3. The molecule has 0 radical (unpaired) electrons. The lowest BCUT2D eigenvalue weighted by Gasteiger charge is -2.37. The van der Waals surface area contributed by atoms with E-state index in [2.05, 4.69) is 313 Å². The largest absolute Gasteiger partial charge is 0.458 e. The van der Waals surface area contributed by atoms with Gasteiger partial charge in [-0.2, -0.15) is 0 Å². The summed E-state index contributed by atoms with van der Waals surface area (Å²) in [4.78, 5) is 4.59. The molecule has 0 bridgehead atoms. The molecule has 17 rings (SSSR count). The highest BCUT2D eigenvalue weighted by molar-refractivity contribution is 7.01. The van der Waals surface area contributed by atoms with Gasteiger partial charge >= 0.3 is 0 Å². The zero-order valence-electron chi connectivity index (χ0n) is 46.5. The number of para-hydroxylation sites is 2. The van der Waals surface area contributed by atoms with Crippen molar-refractivity contribution < 1.29 is 18.9 Å². The van der Waals surface area contributed by atoms with E-state index in [-0.39, 0.29) is 13.4 Å². The molecule has 4 heterocycles. The lowest BCUT2D eigenvalue weighted by atomic mass is 9.31. The number of nitrogens with zero attached hydrogens (tertiary/aromatic N) is 2. The SMILES string of the molecule is c1ccc(-c2ccc(N(c3ccc(-c4ccccc4)cc3)c3cc4c5c(c3)Oc3cc6c(cc3B5c3ccccc3O4)B3c4ccccc4Oc4cc(N(c5ccc(-c7ccccc7)cc5)c5ccc(-c7ccccc7)cc5)cc(c43)O6)cc2)cc1. The average Bonchev–Trinajstić information content (AvgIpc) is 1.05. The monoisotopic (exact) mass is 1100 g/mol. The normalized spacial score (nSPS) is 12.5. The van der Waals surface area contributed by atoms with E-state index in [0.717, 1.165) is 157 Å². The van der Waals surface area contributed by atoms with Crippen LogP contribution in [0.4, 0.5) is 34.1 Å².